The predicted molar refractivity (Wildman–Crippen MR) is 81.9 cm³/mol. The number of hydrogen-bond donors (Lipinski definition) is 3. The lowest BCUT2D eigenvalue weighted by Crippen LogP contribution is -2.45. The molecule has 4 N–H and O–H groups in total. The van der Waals surface area contributed by atoms with Gasteiger partial charge in [-0.05, 0) is 25.0 Å². The van der Waals surface area contributed by atoms with E-state index in [0.717, 1.165) is 31.1 Å². The van der Waals surface area contributed by atoms with Crippen LogP contribution in [0, 0.1) is 0 Å². The van der Waals surface area contributed by atoms with Crippen molar-refractivity contribution >= 4 is 22.6 Å². The molecule has 21 heavy (non-hydrogen) atoms. The van der Waals surface area contributed by atoms with Gasteiger partial charge in [0.05, 0.1) is 23.2 Å². The van der Waals surface area contributed by atoms with Crippen LogP contribution >= 0.6 is 0 Å². The molecule has 5 heteroatoms. The summed E-state index contributed by atoms with van der Waals surface area (Å²) < 4.78 is 0. The number of rotatable bonds is 2. The second-order valence-corrected chi connectivity index (χ2v) is 5.54. The highest BCUT2D eigenvalue weighted by Gasteiger charge is 2.25. The van der Waals surface area contributed by atoms with Crippen molar-refractivity contribution in [3.8, 4) is 0 Å². The van der Waals surface area contributed by atoms with Crippen molar-refractivity contribution in [2.24, 2.45) is 0 Å². The molecule has 0 radical (unpaired) electrons. The first-order valence-electron chi connectivity index (χ1n) is 7.29. The number of nitrogen functional groups attached to an aromatic ring is 1. The van der Waals surface area contributed by atoms with E-state index in [1.165, 1.54) is 0 Å². The molecule has 0 spiro atoms. The molecule has 0 saturated heterocycles. The summed E-state index contributed by atoms with van der Waals surface area (Å²) in [6.07, 6.45) is 3.13. The number of hydrogen-bond acceptors (Lipinski definition) is 4. The van der Waals surface area contributed by atoms with E-state index in [4.69, 9.17) is 5.73 Å². The van der Waals surface area contributed by atoms with Gasteiger partial charge in [0.2, 0.25) is 0 Å². The van der Waals surface area contributed by atoms with E-state index in [2.05, 4.69) is 10.3 Å². The molecule has 2 unspecified atom stereocenters. The topological polar surface area (TPSA) is 88.2 Å². The van der Waals surface area contributed by atoms with E-state index in [1.54, 1.807) is 6.07 Å². The number of benzene rings is 1. The van der Waals surface area contributed by atoms with Crippen molar-refractivity contribution in [1.82, 2.24) is 10.3 Å². The number of carbonyl (C=O) groups excluding carboxylic acids is 1. The Kier molecular flexibility index (Phi) is 3.75. The molecule has 0 aliphatic heterocycles. The predicted octanol–water partition coefficient (Wildman–Crippen LogP) is 1.85. The minimum absolute atomic E-state index is 0.181. The molecule has 1 heterocycles. The Morgan fingerprint density at radius 1 is 1.29 bits per heavy atom. The molecule has 1 aromatic carbocycles. The number of aliphatic hydroxyl groups is 1. The summed E-state index contributed by atoms with van der Waals surface area (Å²) in [6, 6.07) is 8.83. The molecule has 1 aliphatic rings. The van der Waals surface area contributed by atoms with Gasteiger partial charge in [-0.3, -0.25) is 4.79 Å². The number of nitrogens with two attached hydrogens (primary N) is 1. The zero-order valence-corrected chi connectivity index (χ0v) is 11.7. The summed E-state index contributed by atoms with van der Waals surface area (Å²) in [5.41, 5.74) is 6.99. The number of amides is 1. The van der Waals surface area contributed by atoms with Gasteiger partial charge in [-0.25, -0.2) is 4.98 Å². The maximum absolute atomic E-state index is 12.5. The lowest BCUT2D eigenvalue weighted by Gasteiger charge is -2.28. The molecule has 1 amide bonds. The Balaban J connectivity index is 1.90. The smallest absolute Gasteiger partial charge is 0.252 e. The highest BCUT2D eigenvalue weighted by atomic mass is 16.3. The standard InChI is InChI=1S/C16H19N3O2/c17-15-9-11(10-5-1-2-6-12(10)18-15)16(21)19-13-7-3-4-8-14(13)20/h1-2,5-6,9,13-14,20H,3-4,7-8H2,(H2,17,18)(H,19,21). The molecule has 1 saturated carbocycles. The van der Waals surface area contributed by atoms with Crippen LogP contribution in [-0.4, -0.2) is 28.1 Å². The van der Waals surface area contributed by atoms with Crippen LogP contribution in [0.1, 0.15) is 36.0 Å². The molecule has 2 atom stereocenters. The molecule has 110 valence electrons. The average molecular weight is 285 g/mol. The summed E-state index contributed by atoms with van der Waals surface area (Å²) in [5, 5.41) is 13.7. The monoisotopic (exact) mass is 285 g/mol. The van der Waals surface area contributed by atoms with Gasteiger partial charge in [-0.1, -0.05) is 31.0 Å². The molecular weight excluding hydrogens is 266 g/mol. The quantitative estimate of drug-likeness (QED) is 0.785. The van der Waals surface area contributed by atoms with Gasteiger partial charge in [-0.2, -0.15) is 0 Å². The van der Waals surface area contributed by atoms with E-state index in [0.29, 0.717) is 16.9 Å². The van der Waals surface area contributed by atoms with Crippen molar-refractivity contribution < 1.29 is 9.90 Å². The minimum atomic E-state index is -0.465. The summed E-state index contributed by atoms with van der Waals surface area (Å²) in [5.74, 6) is 0.120. The molecular formula is C16H19N3O2. The normalized spacial score (nSPS) is 22.1. The Morgan fingerprint density at radius 3 is 2.86 bits per heavy atom. The van der Waals surface area contributed by atoms with Crippen LogP contribution in [0.3, 0.4) is 0 Å². The number of aromatic nitrogens is 1. The molecule has 1 aromatic heterocycles. The molecule has 5 nitrogen and oxygen atoms in total. The number of pyridine rings is 1. The fourth-order valence-electron chi connectivity index (χ4n) is 2.91. The molecule has 1 aliphatic carbocycles. The number of anilines is 1. The van der Waals surface area contributed by atoms with Gasteiger partial charge in [0.25, 0.3) is 5.91 Å². The Hall–Kier alpha value is -2.14. The Bertz CT molecular complexity index is 672. The maximum Gasteiger partial charge on any atom is 0.252 e. The van der Waals surface area contributed by atoms with E-state index < -0.39 is 6.10 Å². The van der Waals surface area contributed by atoms with Crippen LogP contribution in [0.2, 0.25) is 0 Å². The third kappa shape index (κ3) is 2.83. The molecule has 0 bridgehead atoms. The Morgan fingerprint density at radius 2 is 2.05 bits per heavy atom. The van der Waals surface area contributed by atoms with Crippen molar-refractivity contribution in [3.05, 3.63) is 35.9 Å². The third-order valence-electron chi connectivity index (χ3n) is 4.03. The van der Waals surface area contributed by atoms with Crippen LogP contribution in [0.15, 0.2) is 30.3 Å². The molecule has 2 aromatic rings. The van der Waals surface area contributed by atoms with Gasteiger partial charge >= 0.3 is 0 Å². The summed E-state index contributed by atoms with van der Waals surface area (Å²) >= 11 is 0. The summed E-state index contributed by atoms with van der Waals surface area (Å²) in [7, 11) is 0. The SMILES string of the molecule is Nc1cc(C(=O)NC2CCCCC2O)c2ccccc2n1. The summed E-state index contributed by atoms with van der Waals surface area (Å²) in [4.78, 5) is 16.7. The van der Waals surface area contributed by atoms with Crippen molar-refractivity contribution in [3.63, 3.8) is 0 Å². The highest BCUT2D eigenvalue weighted by molar-refractivity contribution is 6.07. The average Bonchev–Trinajstić information content (AvgIpc) is 2.48. The van der Waals surface area contributed by atoms with E-state index in [-0.39, 0.29) is 11.9 Å². The first-order valence-corrected chi connectivity index (χ1v) is 7.29. The maximum atomic E-state index is 12.5. The number of aliphatic hydroxyl groups excluding tert-OH is 1. The Labute approximate surface area is 123 Å². The molecule has 3 rings (SSSR count). The van der Waals surface area contributed by atoms with Crippen molar-refractivity contribution in [2.75, 3.05) is 5.73 Å². The second-order valence-electron chi connectivity index (χ2n) is 5.54. The fourth-order valence-corrected chi connectivity index (χ4v) is 2.91. The number of carbonyl (C=O) groups is 1. The third-order valence-corrected chi connectivity index (χ3v) is 4.03. The van der Waals surface area contributed by atoms with E-state index in [9.17, 15) is 9.90 Å². The number of para-hydroxylation sites is 1. The lowest BCUT2D eigenvalue weighted by molar-refractivity contribution is 0.0718. The second kappa shape index (κ2) is 5.69. The van der Waals surface area contributed by atoms with Crippen LogP contribution in [0.25, 0.3) is 10.9 Å². The highest BCUT2D eigenvalue weighted by Crippen LogP contribution is 2.22. The van der Waals surface area contributed by atoms with Crippen molar-refractivity contribution in [2.45, 2.75) is 37.8 Å². The van der Waals surface area contributed by atoms with Gasteiger partial charge in [-0.15, -0.1) is 0 Å². The van der Waals surface area contributed by atoms with Gasteiger partial charge in [0, 0.05) is 5.39 Å². The number of nitrogens with zero attached hydrogens (tertiary/aromatic N) is 1. The van der Waals surface area contributed by atoms with E-state index >= 15 is 0 Å². The van der Waals surface area contributed by atoms with Crippen LogP contribution in [0.4, 0.5) is 5.82 Å². The zero-order chi connectivity index (χ0) is 14.8. The summed E-state index contributed by atoms with van der Waals surface area (Å²) in [6.45, 7) is 0. The van der Waals surface area contributed by atoms with E-state index in [1.807, 2.05) is 24.3 Å². The van der Waals surface area contributed by atoms with Crippen molar-refractivity contribution in [1.29, 1.82) is 0 Å². The van der Waals surface area contributed by atoms with Crippen LogP contribution in [-0.2, 0) is 0 Å². The first kappa shape index (κ1) is 13.8. The van der Waals surface area contributed by atoms with Gasteiger partial charge in [0.15, 0.2) is 0 Å². The van der Waals surface area contributed by atoms with Crippen LogP contribution in [0.5, 0.6) is 0 Å². The number of nitrogens with one attached hydrogen (secondary N) is 1. The first-order chi connectivity index (χ1) is 10.1. The number of fused-ring (bicyclic) bond motifs is 1. The fraction of sp³-hybridized carbons (Fsp3) is 0.375. The van der Waals surface area contributed by atoms with Gasteiger partial charge < -0.3 is 16.2 Å². The molecule has 1 fully saturated rings. The zero-order valence-electron chi connectivity index (χ0n) is 11.7. The van der Waals surface area contributed by atoms with Gasteiger partial charge in [0.1, 0.15) is 5.82 Å². The minimum Gasteiger partial charge on any atom is -0.391 e. The lowest BCUT2D eigenvalue weighted by atomic mass is 9.92. The largest absolute Gasteiger partial charge is 0.391 e. The van der Waals surface area contributed by atoms with Crippen LogP contribution < -0.4 is 11.1 Å².